The van der Waals surface area contributed by atoms with Crippen LogP contribution in [0.4, 0.5) is 0 Å². The molecule has 1 amide bonds. The van der Waals surface area contributed by atoms with E-state index < -0.39 is 11.6 Å². The van der Waals surface area contributed by atoms with Gasteiger partial charge in [-0.05, 0) is 17.9 Å². The standard InChI is InChI=1S/C16H19N3O4S/c1-2-24-13-11(4-3-7-17-13)14(20)19-8-5-16(6-9-19)10-12(15(21)22)18-23-16/h3-4,7H,2,5-6,8-10H2,1H3,(H,21,22). The SMILES string of the molecule is CCSc1ncccc1C(=O)N1CCC2(CC1)CC(C(=O)O)=NO2. The molecule has 1 aromatic heterocycles. The van der Waals surface area contributed by atoms with Crippen molar-refractivity contribution in [3.05, 3.63) is 23.9 Å². The second-order valence-electron chi connectivity index (χ2n) is 5.88. The van der Waals surface area contributed by atoms with Gasteiger partial charge in [0.25, 0.3) is 5.91 Å². The molecule has 2 aliphatic heterocycles. The van der Waals surface area contributed by atoms with Gasteiger partial charge in [-0.3, -0.25) is 4.79 Å². The number of thioether (sulfide) groups is 1. The van der Waals surface area contributed by atoms with E-state index in [4.69, 9.17) is 9.94 Å². The number of hydrogen-bond donors (Lipinski definition) is 1. The van der Waals surface area contributed by atoms with Crippen LogP contribution in [0.15, 0.2) is 28.5 Å². The molecule has 0 aliphatic carbocycles. The highest BCUT2D eigenvalue weighted by atomic mass is 32.2. The summed E-state index contributed by atoms with van der Waals surface area (Å²) < 4.78 is 0. The number of carbonyl (C=O) groups is 2. The summed E-state index contributed by atoms with van der Waals surface area (Å²) in [4.78, 5) is 35.3. The normalized spacial score (nSPS) is 19.0. The quantitative estimate of drug-likeness (QED) is 0.836. The first-order valence-electron chi connectivity index (χ1n) is 7.90. The van der Waals surface area contributed by atoms with Gasteiger partial charge in [0.05, 0.1) is 5.56 Å². The molecule has 2 aliphatic rings. The van der Waals surface area contributed by atoms with Crippen molar-refractivity contribution < 1.29 is 19.5 Å². The lowest BCUT2D eigenvalue weighted by atomic mass is 9.86. The first-order valence-corrected chi connectivity index (χ1v) is 8.89. The van der Waals surface area contributed by atoms with Crippen molar-refractivity contribution in [1.82, 2.24) is 9.88 Å². The lowest BCUT2D eigenvalue weighted by molar-refractivity contribution is -0.129. The zero-order valence-corrected chi connectivity index (χ0v) is 14.2. The van der Waals surface area contributed by atoms with Crippen molar-refractivity contribution in [2.24, 2.45) is 5.16 Å². The highest BCUT2D eigenvalue weighted by Crippen LogP contribution is 2.35. The third-order valence-electron chi connectivity index (χ3n) is 4.33. The van der Waals surface area contributed by atoms with Crippen LogP contribution in [0.5, 0.6) is 0 Å². The minimum atomic E-state index is -1.04. The van der Waals surface area contributed by atoms with E-state index in [0.29, 0.717) is 37.9 Å². The predicted molar refractivity (Wildman–Crippen MR) is 89.3 cm³/mol. The number of pyridine rings is 1. The molecule has 1 aromatic rings. The summed E-state index contributed by atoms with van der Waals surface area (Å²) in [6.07, 6.45) is 3.15. The van der Waals surface area contributed by atoms with Gasteiger partial charge in [0.15, 0.2) is 5.71 Å². The Morgan fingerprint density at radius 2 is 2.17 bits per heavy atom. The summed E-state index contributed by atoms with van der Waals surface area (Å²) in [5.41, 5.74) is 0.110. The van der Waals surface area contributed by atoms with Gasteiger partial charge < -0.3 is 14.8 Å². The molecule has 8 heteroatoms. The Labute approximate surface area is 144 Å². The van der Waals surface area contributed by atoms with Gasteiger partial charge in [-0.2, -0.15) is 0 Å². The van der Waals surface area contributed by atoms with Gasteiger partial charge in [0, 0.05) is 38.5 Å². The molecule has 0 saturated carbocycles. The average Bonchev–Trinajstić information content (AvgIpc) is 3.00. The Kier molecular flexibility index (Phi) is 4.75. The number of piperidine rings is 1. The predicted octanol–water partition coefficient (Wildman–Crippen LogP) is 2.03. The average molecular weight is 349 g/mol. The van der Waals surface area contributed by atoms with E-state index in [1.807, 2.05) is 6.92 Å². The number of rotatable bonds is 4. The minimum Gasteiger partial charge on any atom is -0.477 e. The third-order valence-corrected chi connectivity index (χ3v) is 5.22. The summed E-state index contributed by atoms with van der Waals surface area (Å²) in [7, 11) is 0. The second kappa shape index (κ2) is 6.80. The maximum Gasteiger partial charge on any atom is 0.353 e. The van der Waals surface area contributed by atoms with Gasteiger partial charge in [0.1, 0.15) is 10.6 Å². The fourth-order valence-electron chi connectivity index (χ4n) is 3.00. The number of amides is 1. The van der Waals surface area contributed by atoms with Crippen LogP contribution in [0.1, 0.15) is 36.5 Å². The first-order chi connectivity index (χ1) is 11.5. The topological polar surface area (TPSA) is 92.1 Å². The van der Waals surface area contributed by atoms with Crippen molar-refractivity contribution >= 4 is 29.4 Å². The van der Waals surface area contributed by atoms with E-state index in [9.17, 15) is 9.59 Å². The van der Waals surface area contributed by atoms with Crippen molar-refractivity contribution in [2.45, 2.75) is 36.8 Å². The van der Waals surface area contributed by atoms with Gasteiger partial charge in [-0.15, -0.1) is 11.8 Å². The van der Waals surface area contributed by atoms with Gasteiger partial charge in [-0.1, -0.05) is 12.1 Å². The van der Waals surface area contributed by atoms with Crippen LogP contribution in [0.2, 0.25) is 0 Å². The van der Waals surface area contributed by atoms with E-state index in [0.717, 1.165) is 10.8 Å². The molecule has 1 saturated heterocycles. The van der Waals surface area contributed by atoms with E-state index in [2.05, 4.69) is 10.1 Å². The van der Waals surface area contributed by atoms with E-state index in [1.165, 1.54) is 0 Å². The van der Waals surface area contributed by atoms with Gasteiger partial charge >= 0.3 is 5.97 Å². The summed E-state index contributed by atoms with van der Waals surface area (Å²) in [5.74, 6) is -0.225. The molecule has 3 rings (SSSR count). The monoisotopic (exact) mass is 349 g/mol. The zero-order valence-electron chi connectivity index (χ0n) is 13.4. The number of hydrogen-bond acceptors (Lipinski definition) is 6. The Morgan fingerprint density at radius 3 is 2.79 bits per heavy atom. The molecular weight excluding hydrogens is 330 g/mol. The van der Waals surface area contributed by atoms with Crippen molar-refractivity contribution in [1.29, 1.82) is 0 Å². The molecule has 0 radical (unpaired) electrons. The number of carboxylic acids is 1. The minimum absolute atomic E-state index is 0.0359. The number of likely N-dealkylation sites (tertiary alicyclic amines) is 1. The highest BCUT2D eigenvalue weighted by molar-refractivity contribution is 7.99. The Morgan fingerprint density at radius 1 is 1.42 bits per heavy atom. The first kappa shape index (κ1) is 16.8. The zero-order chi connectivity index (χ0) is 17.2. The van der Waals surface area contributed by atoms with E-state index in [1.54, 1.807) is 35.0 Å². The molecule has 1 spiro atoms. The van der Waals surface area contributed by atoms with Gasteiger partial charge in [-0.25, -0.2) is 9.78 Å². The van der Waals surface area contributed by atoms with Crippen LogP contribution in [0.3, 0.4) is 0 Å². The van der Waals surface area contributed by atoms with Gasteiger partial charge in [0.2, 0.25) is 0 Å². The third kappa shape index (κ3) is 3.24. The van der Waals surface area contributed by atoms with E-state index >= 15 is 0 Å². The molecule has 7 nitrogen and oxygen atoms in total. The van der Waals surface area contributed by atoms with Crippen molar-refractivity contribution in [2.75, 3.05) is 18.8 Å². The number of nitrogens with zero attached hydrogens (tertiary/aromatic N) is 3. The highest BCUT2D eigenvalue weighted by Gasteiger charge is 2.44. The number of oxime groups is 1. The van der Waals surface area contributed by atoms with Crippen LogP contribution < -0.4 is 0 Å². The van der Waals surface area contributed by atoms with E-state index in [-0.39, 0.29) is 11.6 Å². The Balaban J connectivity index is 1.65. The molecule has 1 fully saturated rings. The lowest BCUT2D eigenvalue weighted by Gasteiger charge is -2.37. The number of aromatic nitrogens is 1. The number of aliphatic carboxylic acids is 1. The molecule has 0 atom stereocenters. The molecular formula is C16H19N3O4S. The van der Waals surface area contributed by atoms with Crippen LogP contribution in [-0.2, 0) is 9.63 Å². The lowest BCUT2D eigenvalue weighted by Crippen LogP contribution is -2.47. The van der Waals surface area contributed by atoms with Crippen LogP contribution >= 0.6 is 11.8 Å². The molecule has 24 heavy (non-hydrogen) atoms. The molecule has 1 N–H and O–H groups in total. The maximum atomic E-state index is 12.8. The number of carbonyl (C=O) groups excluding carboxylic acids is 1. The van der Waals surface area contributed by atoms with Crippen LogP contribution in [0.25, 0.3) is 0 Å². The fraction of sp³-hybridized carbons (Fsp3) is 0.500. The molecule has 0 bridgehead atoms. The smallest absolute Gasteiger partial charge is 0.353 e. The Bertz CT molecular complexity index is 684. The largest absolute Gasteiger partial charge is 0.477 e. The summed E-state index contributed by atoms with van der Waals surface area (Å²) in [5, 5.41) is 13.4. The van der Waals surface area contributed by atoms with Crippen molar-refractivity contribution in [3.8, 4) is 0 Å². The summed E-state index contributed by atoms with van der Waals surface area (Å²) >= 11 is 1.55. The molecule has 128 valence electrons. The maximum absolute atomic E-state index is 12.8. The molecule has 0 unspecified atom stereocenters. The van der Waals surface area contributed by atoms with Crippen LogP contribution in [-0.4, -0.2) is 57.0 Å². The fourth-order valence-corrected chi connectivity index (χ4v) is 3.72. The van der Waals surface area contributed by atoms with Crippen LogP contribution in [0, 0.1) is 0 Å². The second-order valence-corrected chi connectivity index (χ2v) is 7.13. The van der Waals surface area contributed by atoms with Crippen molar-refractivity contribution in [3.63, 3.8) is 0 Å². The summed E-state index contributed by atoms with van der Waals surface area (Å²) in [6.45, 7) is 3.06. The Hall–Kier alpha value is -2.09. The molecule has 0 aromatic carbocycles. The molecule has 3 heterocycles. The summed E-state index contributed by atoms with van der Waals surface area (Å²) in [6, 6.07) is 3.57. The number of carboxylic acid groups (broad SMARTS) is 1.